The predicted molar refractivity (Wildman–Crippen MR) is 200 cm³/mol. The number of aliphatic imine (C=N–C) groups is 1. The standard InChI is InChI=1S/C45H31NS/c1-4-12-31(13-5-1)42-26-27-43(47-42)32-22-20-30(21-23-32)35-24-25-37-39(28-35)36-18-10-11-19-38(36)41-29-40(37)44(33-14-6-2-7-15-33)45(46-41)34-16-8-3-9-17-34/h1-28,40H,29H2. The van der Waals surface area contributed by atoms with Crippen molar-refractivity contribution in [2.75, 3.05) is 0 Å². The van der Waals surface area contributed by atoms with Gasteiger partial charge in [-0.05, 0) is 68.3 Å². The highest BCUT2D eigenvalue weighted by Crippen LogP contribution is 2.51. The first-order chi connectivity index (χ1) is 23.3. The van der Waals surface area contributed by atoms with Gasteiger partial charge in [0.25, 0.3) is 0 Å². The summed E-state index contributed by atoms with van der Waals surface area (Å²) >= 11 is 1.84. The maximum Gasteiger partial charge on any atom is 0.0749 e. The Morgan fingerprint density at radius 3 is 1.64 bits per heavy atom. The Morgan fingerprint density at radius 1 is 0.426 bits per heavy atom. The van der Waals surface area contributed by atoms with E-state index in [1.54, 1.807) is 0 Å². The fourth-order valence-corrected chi connectivity index (χ4v) is 8.25. The minimum Gasteiger partial charge on any atom is -0.252 e. The maximum atomic E-state index is 5.45. The molecule has 0 saturated carbocycles. The van der Waals surface area contributed by atoms with Crippen molar-refractivity contribution in [1.29, 1.82) is 0 Å². The molecule has 9 rings (SSSR count). The molecular formula is C45H31NS. The quantitative estimate of drug-likeness (QED) is 0.182. The van der Waals surface area contributed by atoms with Crippen LogP contribution in [0.1, 0.15) is 34.6 Å². The van der Waals surface area contributed by atoms with Crippen LogP contribution >= 0.6 is 11.3 Å². The first kappa shape index (κ1) is 27.7. The van der Waals surface area contributed by atoms with Crippen LogP contribution in [0.2, 0.25) is 0 Å². The molecule has 7 aromatic rings. The van der Waals surface area contributed by atoms with Gasteiger partial charge in [-0.15, -0.1) is 11.3 Å². The fraction of sp³-hybridized carbons (Fsp3) is 0.0444. The monoisotopic (exact) mass is 617 g/mol. The molecule has 1 unspecified atom stereocenters. The summed E-state index contributed by atoms with van der Waals surface area (Å²) in [6.45, 7) is 0. The van der Waals surface area contributed by atoms with E-state index in [0.29, 0.717) is 0 Å². The minimum absolute atomic E-state index is 0.191. The Kier molecular flexibility index (Phi) is 6.87. The zero-order chi connectivity index (χ0) is 31.2. The van der Waals surface area contributed by atoms with Gasteiger partial charge < -0.3 is 0 Å². The maximum absolute atomic E-state index is 5.45. The summed E-state index contributed by atoms with van der Waals surface area (Å²) in [5.41, 5.74) is 16.1. The lowest BCUT2D eigenvalue weighted by molar-refractivity contribution is 0.909. The van der Waals surface area contributed by atoms with E-state index in [2.05, 4.69) is 170 Å². The van der Waals surface area contributed by atoms with E-state index in [9.17, 15) is 0 Å². The second-order valence-electron chi connectivity index (χ2n) is 12.3. The number of fused-ring (bicyclic) bond motifs is 7. The third kappa shape index (κ3) is 4.99. The number of nitrogens with zero attached hydrogens (tertiary/aromatic N) is 1. The van der Waals surface area contributed by atoms with Gasteiger partial charge in [0.05, 0.1) is 5.70 Å². The van der Waals surface area contributed by atoms with Crippen molar-refractivity contribution in [2.24, 2.45) is 4.99 Å². The first-order valence-corrected chi connectivity index (χ1v) is 17.0. The molecule has 0 spiro atoms. The number of rotatable bonds is 5. The molecule has 1 aromatic heterocycles. The Labute approximate surface area is 279 Å². The van der Waals surface area contributed by atoms with E-state index in [-0.39, 0.29) is 5.92 Å². The molecule has 2 heteroatoms. The molecule has 1 atom stereocenters. The van der Waals surface area contributed by atoms with Crippen LogP contribution in [0.4, 0.5) is 0 Å². The molecule has 0 amide bonds. The van der Waals surface area contributed by atoms with Gasteiger partial charge in [-0.25, -0.2) is 0 Å². The highest BCUT2D eigenvalue weighted by atomic mass is 32.1. The van der Waals surface area contributed by atoms with E-state index >= 15 is 0 Å². The highest BCUT2D eigenvalue weighted by Gasteiger charge is 2.34. The van der Waals surface area contributed by atoms with E-state index < -0.39 is 0 Å². The second-order valence-corrected chi connectivity index (χ2v) is 13.3. The zero-order valence-electron chi connectivity index (χ0n) is 25.8. The normalized spacial score (nSPS) is 15.0. The number of allylic oxidation sites excluding steroid dienone is 1. The van der Waals surface area contributed by atoms with Crippen molar-refractivity contribution in [3.8, 4) is 43.1 Å². The fourth-order valence-electron chi connectivity index (χ4n) is 7.23. The van der Waals surface area contributed by atoms with E-state index in [1.807, 2.05) is 11.3 Å². The summed E-state index contributed by atoms with van der Waals surface area (Å²) in [4.78, 5) is 8.03. The lowest BCUT2D eigenvalue weighted by atomic mass is 9.78. The van der Waals surface area contributed by atoms with Crippen molar-refractivity contribution in [3.05, 3.63) is 192 Å². The van der Waals surface area contributed by atoms with Crippen LogP contribution in [0, 0.1) is 0 Å². The molecule has 47 heavy (non-hydrogen) atoms. The molecule has 0 fully saturated rings. The lowest BCUT2D eigenvalue weighted by Gasteiger charge is -2.28. The zero-order valence-corrected chi connectivity index (χ0v) is 26.6. The smallest absolute Gasteiger partial charge is 0.0749 e. The topological polar surface area (TPSA) is 12.4 Å². The van der Waals surface area contributed by atoms with Crippen LogP contribution in [0.15, 0.2) is 175 Å². The summed E-state index contributed by atoms with van der Waals surface area (Å²) < 4.78 is 0. The van der Waals surface area contributed by atoms with Crippen LogP contribution < -0.4 is 0 Å². The Hall–Kier alpha value is -5.57. The SMILES string of the molecule is c1ccc(C2=C(c3ccccc3)C3CC(=N2)c2ccccc2-c2cc(-c4ccc(-c5ccc(-c6ccccc6)s5)cc4)ccc23)cc1. The molecule has 2 heterocycles. The Morgan fingerprint density at radius 2 is 0.957 bits per heavy atom. The molecule has 0 N–H and O–H groups in total. The minimum atomic E-state index is 0.191. The van der Waals surface area contributed by atoms with Gasteiger partial charge in [-0.2, -0.15) is 0 Å². The molecule has 0 radical (unpaired) electrons. The molecule has 1 nitrogen and oxygen atoms in total. The van der Waals surface area contributed by atoms with E-state index in [4.69, 9.17) is 4.99 Å². The van der Waals surface area contributed by atoms with Crippen molar-refractivity contribution < 1.29 is 0 Å². The molecule has 1 aliphatic heterocycles. The highest BCUT2D eigenvalue weighted by molar-refractivity contribution is 7.18. The van der Waals surface area contributed by atoms with Crippen LogP contribution in [0.25, 0.3) is 54.4 Å². The van der Waals surface area contributed by atoms with Crippen LogP contribution in [-0.4, -0.2) is 5.71 Å². The number of hydrogen-bond donors (Lipinski definition) is 0. The average Bonchev–Trinajstić information content (AvgIpc) is 3.63. The molecule has 222 valence electrons. The molecule has 0 saturated heterocycles. The Balaban J connectivity index is 1.16. The summed E-state index contributed by atoms with van der Waals surface area (Å²) in [6.07, 6.45) is 0.879. The van der Waals surface area contributed by atoms with Gasteiger partial charge >= 0.3 is 0 Å². The van der Waals surface area contributed by atoms with Crippen molar-refractivity contribution in [3.63, 3.8) is 0 Å². The molecular weight excluding hydrogens is 587 g/mol. The number of benzene rings is 6. The lowest BCUT2D eigenvalue weighted by Crippen LogP contribution is -2.15. The summed E-state index contributed by atoms with van der Waals surface area (Å²) in [7, 11) is 0. The summed E-state index contributed by atoms with van der Waals surface area (Å²) in [5.74, 6) is 0.191. The molecule has 6 aromatic carbocycles. The van der Waals surface area contributed by atoms with Gasteiger partial charge in [-0.1, -0.05) is 152 Å². The first-order valence-electron chi connectivity index (χ1n) is 16.2. The summed E-state index contributed by atoms with van der Waals surface area (Å²) in [5, 5.41) is 0. The van der Waals surface area contributed by atoms with Crippen LogP contribution in [-0.2, 0) is 0 Å². The second kappa shape index (κ2) is 11.7. The predicted octanol–water partition coefficient (Wildman–Crippen LogP) is 12.3. The van der Waals surface area contributed by atoms with Gasteiger partial charge in [0.2, 0.25) is 0 Å². The van der Waals surface area contributed by atoms with Crippen LogP contribution in [0.3, 0.4) is 0 Å². The van der Waals surface area contributed by atoms with Gasteiger partial charge in [0.1, 0.15) is 0 Å². The third-order valence-corrected chi connectivity index (χ3v) is 10.7. The molecule has 2 bridgehead atoms. The van der Waals surface area contributed by atoms with E-state index in [1.165, 1.54) is 65.4 Å². The van der Waals surface area contributed by atoms with Crippen molar-refractivity contribution in [2.45, 2.75) is 12.3 Å². The van der Waals surface area contributed by atoms with Gasteiger partial charge in [0, 0.05) is 38.9 Å². The van der Waals surface area contributed by atoms with Crippen molar-refractivity contribution >= 4 is 28.3 Å². The van der Waals surface area contributed by atoms with E-state index in [0.717, 1.165) is 23.4 Å². The molecule has 2 aliphatic rings. The van der Waals surface area contributed by atoms with Gasteiger partial charge in [0.15, 0.2) is 0 Å². The number of hydrogen-bond acceptors (Lipinski definition) is 2. The number of thiophene rings is 1. The summed E-state index contributed by atoms with van der Waals surface area (Å²) in [6, 6.07) is 61.7. The third-order valence-electron chi connectivity index (χ3n) is 9.50. The van der Waals surface area contributed by atoms with Crippen LogP contribution in [0.5, 0.6) is 0 Å². The van der Waals surface area contributed by atoms with Crippen molar-refractivity contribution in [1.82, 2.24) is 0 Å². The average molecular weight is 618 g/mol. The van der Waals surface area contributed by atoms with Gasteiger partial charge in [-0.3, -0.25) is 4.99 Å². The molecule has 1 aliphatic carbocycles. The largest absolute Gasteiger partial charge is 0.252 e. The Bertz CT molecular complexity index is 2290.